The van der Waals surface area contributed by atoms with Crippen LogP contribution in [0.1, 0.15) is 399 Å². The van der Waals surface area contributed by atoms with Crippen LogP contribution in [-0.2, 0) is 33.3 Å². The summed E-state index contributed by atoms with van der Waals surface area (Å²) in [5.74, 6) is -2.27. The smallest absolute Gasteiger partial charge is 0.306 e. The number of carboxylic acid groups (broad SMARTS) is 1. The summed E-state index contributed by atoms with van der Waals surface area (Å²) in [4.78, 5) is 37.7. The fourth-order valence-corrected chi connectivity index (χ4v) is 12.5. The van der Waals surface area contributed by atoms with E-state index in [4.69, 9.17) is 18.9 Å². The van der Waals surface area contributed by atoms with Crippen LogP contribution in [0.2, 0.25) is 0 Å². The monoisotopic (exact) mass is 1410 g/mol. The van der Waals surface area contributed by atoms with Gasteiger partial charge in [-0.2, -0.15) is 0 Å². The standard InChI is InChI=1S/C92H163NO8/c1-6-8-10-12-14-16-18-20-22-24-26-28-30-32-34-36-38-40-42-43-44-45-46-47-49-50-52-54-56-58-60-62-64-66-68-70-72-74-76-78-80-82-89(94)99-86-88(87-100-92(91(96)97)98-85-84-93(3,4)5)101-90(95)83-81-79-77-75-73-71-69-67-65-63-61-59-57-55-53-51-48-41-39-37-35-33-31-29-27-25-23-21-19-17-15-13-11-9-7-2/h9,11,15,17,21,23-24,26-27,29,33,35,39,41,51,53,57,59,88,92H,6-8,10,12-14,16,18-20,22,25,28,30-32,34,36-38,40,42-50,52,54-56,58,60-87H2,1-5H3/b11-9-,17-15-,23-21-,26-24-,29-27-,35-33-,41-39-,53-51-,59-57-. The lowest BCUT2D eigenvalue weighted by atomic mass is 10.0. The van der Waals surface area contributed by atoms with Crippen molar-refractivity contribution < 1.29 is 42.9 Å². The van der Waals surface area contributed by atoms with Crippen LogP contribution in [0.4, 0.5) is 0 Å². The van der Waals surface area contributed by atoms with Gasteiger partial charge in [0.05, 0.1) is 40.3 Å². The van der Waals surface area contributed by atoms with Crippen molar-refractivity contribution in [2.24, 2.45) is 0 Å². The van der Waals surface area contributed by atoms with Crippen LogP contribution >= 0.6 is 0 Å². The third kappa shape index (κ3) is 83.1. The topological polar surface area (TPSA) is 111 Å². The van der Waals surface area contributed by atoms with Gasteiger partial charge in [-0.15, -0.1) is 0 Å². The Bertz CT molecular complexity index is 2040. The lowest BCUT2D eigenvalue weighted by molar-refractivity contribution is -0.870. The zero-order valence-corrected chi connectivity index (χ0v) is 67.0. The zero-order valence-electron chi connectivity index (χ0n) is 67.0. The number of carboxylic acids is 1. The van der Waals surface area contributed by atoms with E-state index >= 15 is 0 Å². The molecular weight excluding hydrogens is 1250 g/mol. The molecule has 0 N–H and O–H groups in total. The largest absolute Gasteiger partial charge is 0.545 e. The van der Waals surface area contributed by atoms with Crippen LogP contribution in [0, 0.1) is 0 Å². The van der Waals surface area contributed by atoms with E-state index in [1.54, 1.807) is 0 Å². The molecule has 0 bridgehead atoms. The summed E-state index contributed by atoms with van der Waals surface area (Å²) in [6, 6.07) is 0. The second-order valence-electron chi connectivity index (χ2n) is 30.1. The number of rotatable bonds is 80. The normalized spacial score (nSPS) is 13.2. The predicted octanol–water partition coefficient (Wildman–Crippen LogP) is 26.7. The van der Waals surface area contributed by atoms with Gasteiger partial charge >= 0.3 is 11.9 Å². The molecule has 9 nitrogen and oxygen atoms in total. The number of nitrogens with zero attached hydrogens (tertiary/aromatic N) is 1. The molecule has 2 atom stereocenters. The molecule has 0 saturated heterocycles. The SMILES string of the molecule is CC/C=C\C/C=C\C/C=C\C/C=C\C/C=C\C/C=C\C/C=C\C/C=C\CCCCCCCCCCCCC(=O)OC(COC(=O)CCCCCCCCCCCCCCCCCCCCCCCCCCCCCCC/C=C\CCCCCCCCCC)COC(OCC[N+](C)(C)C)C(=O)[O-]. The van der Waals surface area contributed by atoms with Crippen LogP contribution in [0.25, 0.3) is 0 Å². The van der Waals surface area contributed by atoms with E-state index in [0.29, 0.717) is 23.9 Å². The van der Waals surface area contributed by atoms with Crippen LogP contribution in [0.15, 0.2) is 109 Å². The molecule has 0 aliphatic rings. The molecule has 0 radical (unpaired) electrons. The summed E-state index contributed by atoms with van der Waals surface area (Å²) in [5.41, 5.74) is 0. The Balaban J connectivity index is 3.98. The van der Waals surface area contributed by atoms with Gasteiger partial charge in [-0.3, -0.25) is 9.59 Å². The van der Waals surface area contributed by atoms with Crippen LogP contribution in [-0.4, -0.2) is 82.3 Å². The Morgan fingerprint density at radius 2 is 0.564 bits per heavy atom. The van der Waals surface area contributed by atoms with Gasteiger partial charge in [0.25, 0.3) is 0 Å². The molecule has 2 unspecified atom stereocenters. The van der Waals surface area contributed by atoms with E-state index in [1.165, 1.54) is 270 Å². The number of likely N-dealkylation sites (N-methyl/N-ethyl adjacent to an activating group) is 1. The van der Waals surface area contributed by atoms with Gasteiger partial charge in [0.15, 0.2) is 12.4 Å². The Morgan fingerprint density at radius 3 is 0.851 bits per heavy atom. The highest BCUT2D eigenvalue weighted by Gasteiger charge is 2.22. The van der Waals surface area contributed by atoms with Gasteiger partial charge in [-0.1, -0.05) is 393 Å². The summed E-state index contributed by atoms with van der Waals surface area (Å²) in [6.45, 7) is 4.67. The Hall–Kier alpha value is -4.05. The first-order chi connectivity index (χ1) is 49.6. The minimum Gasteiger partial charge on any atom is -0.545 e. The average Bonchev–Trinajstić information content (AvgIpc) is 1.25. The van der Waals surface area contributed by atoms with Gasteiger partial charge < -0.3 is 33.3 Å². The third-order valence-corrected chi connectivity index (χ3v) is 19.0. The molecule has 0 aliphatic heterocycles. The fourth-order valence-electron chi connectivity index (χ4n) is 12.5. The zero-order chi connectivity index (χ0) is 73.2. The molecule has 0 rings (SSSR count). The summed E-state index contributed by atoms with van der Waals surface area (Å²) >= 11 is 0. The van der Waals surface area contributed by atoms with Crippen molar-refractivity contribution in [3.8, 4) is 0 Å². The highest BCUT2D eigenvalue weighted by atomic mass is 16.7. The van der Waals surface area contributed by atoms with Crippen molar-refractivity contribution in [1.82, 2.24) is 0 Å². The molecule has 0 saturated carbocycles. The highest BCUT2D eigenvalue weighted by Crippen LogP contribution is 2.20. The molecule has 0 aromatic rings. The van der Waals surface area contributed by atoms with E-state index in [2.05, 4.69) is 123 Å². The predicted molar refractivity (Wildman–Crippen MR) is 435 cm³/mol. The number of unbranched alkanes of at least 4 members (excludes halogenated alkanes) is 47. The number of esters is 2. The minimum absolute atomic E-state index is 0.144. The van der Waals surface area contributed by atoms with E-state index in [-0.39, 0.29) is 32.2 Å². The summed E-state index contributed by atoms with van der Waals surface area (Å²) in [7, 11) is 5.94. The Labute approximate surface area is 625 Å². The lowest BCUT2D eigenvalue weighted by Gasteiger charge is -2.26. The van der Waals surface area contributed by atoms with E-state index in [9.17, 15) is 19.5 Å². The van der Waals surface area contributed by atoms with Crippen molar-refractivity contribution in [1.29, 1.82) is 0 Å². The number of carbonyl (C=O) groups excluding carboxylic acids is 3. The van der Waals surface area contributed by atoms with Gasteiger partial charge in [0.1, 0.15) is 13.2 Å². The first-order valence-corrected chi connectivity index (χ1v) is 43.0. The number of allylic oxidation sites excluding steroid dienone is 18. The van der Waals surface area contributed by atoms with E-state index < -0.39 is 24.3 Å². The lowest BCUT2D eigenvalue weighted by Crippen LogP contribution is -2.44. The summed E-state index contributed by atoms with van der Waals surface area (Å²) in [6.07, 6.45) is 112. The van der Waals surface area contributed by atoms with Gasteiger partial charge in [0, 0.05) is 12.8 Å². The first kappa shape index (κ1) is 97.0. The highest BCUT2D eigenvalue weighted by molar-refractivity contribution is 5.70. The van der Waals surface area contributed by atoms with Crippen molar-refractivity contribution in [2.45, 2.75) is 411 Å². The number of hydrogen-bond acceptors (Lipinski definition) is 8. The maximum atomic E-state index is 13.0. The van der Waals surface area contributed by atoms with Crippen LogP contribution < -0.4 is 5.11 Å². The van der Waals surface area contributed by atoms with Gasteiger partial charge in [-0.05, 0) is 103 Å². The van der Waals surface area contributed by atoms with Gasteiger partial charge in [-0.25, -0.2) is 0 Å². The minimum atomic E-state index is -1.63. The molecule has 0 aromatic carbocycles. The summed E-state index contributed by atoms with van der Waals surface area (Å²) in [5, 5.41) is 11.9. The second kappa shape index (κ2) is 81.6. The second-order valence-corrected chi connectivity index (χ2v) is 30.1. The first-order valence-electron chi connectivity index (χ1n) is 43.0. The van der Waals surface area contributed by atoms with Crippen molar-refractivity contribution in [2.75, 3.05) is 47.5 Å². The molecule has 101 heavy (non-hydrogen) atoms. The molecule has 0 spiro atoms. The number of hydrogen-bond donors (Lipinski definition) is 0. The number of quaternary nitrogens is 1. The third-order valence-electron chi connectivity index (χ3n) is 19.0. The van der Waals surface area contributed by atoms with Crippen LogP contribution in [0.5, 0.6) is 0 Å². The number of carbonyl (C=O) groups is 3. The molecule has 0 fully saturated rings. The molecule has 0 aliphatic carbocycles. The van der Waals surface area contributed by atoms with Gasteiger partial charge in [0.2, 0.25) is 0 Å². The molecule has 9 heteroatoms. The number of ether oxygens (including phenoxy) is 4. The number of aliphatic carboxylic acids is 1. The molecule has 0 heterocycles. The quantitative estimate of drug-likeness (QED) is 0.0195. The molecule has 0 aromatic heterocycles. The van der Waals surface area contributed by atoms with Crippen LogP contribution in [0.3, 0.4) is 0 Å². The Morgan fingerprint density at radius 1 is 0.307 bits per heavy atom. The molecular formula is C92H163NO8. The molecule has 584 valence electrons. The van der Waals surface area contributed by atoms with Crippen molar-refractivity contribution in [3.05, 3.63) is 109 Å². The van der Waals surface area contributed by atoms with Crippen molar-refractivity contribution in [3.63, 3.8) is 0 Å². The van der Waals surface area contributed by atoms with E-state index in [0.717, 1.165) is 96.3 Å². The fraction of sp³-hybridized carbons (Fsp3) is 0.772. The maximum Gasteiger partial charge on any atom is 0.306 e. The maximum absolute atomic E-state index is 13.0. The van der Waals surface area contributed by atoms with E-state index in [1.807, 2.05) is 21.1 Å². The summed E-state index contributed by atoms with van der Waals surface area (Å²) < 4.78 is 22.9. The molecule has 0 amide bonds. The average molecular weight is 1410 g/mol. The Kier molecular flexibility index (Phi) is 78.3. The van der Waals surface area contributed by atoms with Crippen molar-refractivity contribution >= 4 is 17.9 Å².